The maximum atomic E-state index is 13.2. The number of amides is 1. The first kappa shape index (κ1) is 18.4. The maximum absolute atomic E-state index is 13.2. The number of hydrogen-bond acceptors (Lipinski definition) is 3. The second-order valence-corrected chi connectivity index (χ2v) is 7.74. The summed E-state index contributed by atoms with van der Waals surface area (Å²) in [4.78, 5) is 42.0. The van der Waals surface area contributed by atoms with Crippen molar-refractivity contribution in [3.63, 3.8) is 0 Å². The van der Waals surface area contributed by atoms with Crippen LogP contribution in [-0.2, 0) is 18.9 Å². The van der Waals surface area contributed by atoms with Gasteiger partial charge in [-0.2, -0.15) is 0 Å². The molecule has 2 N–H and O–H groups in total. The van der Waals surface area contributed by atoms with Crippen LogP contribution in [0.5, 0.6) is 0 Å². The van der Waals surface area contributed by atoms with E-state index in [2.05, 4.69) is 10.3 Å². The molecule has 0 spiro atoms. The number of aromatic amines is 1. The molecule has 0 bridgehead atoms. The molecule has 1 amide bonds. The Hall–Kier alpha value is -3.58. The molecule has 3 heterocycles. The Morgan fingerprint density at radius 2 is 1.63 bits per heavy atom. The third-order valence-electron chi connectivity index (χ3n) is 5.67. The molecule has 0 aliphatic carbocycles. The van der Waals surface area contributed by atoms with E-state index in [0.29, 0.717) is 38.6 Å². The molecule has 1 aliphatic rings. The summed E-state index contributed by atoms with van der Waals surface area (Å²) in [6.07, 6.45) is 0. The van der Waals surface area contributed by atoms with Crippen LogP contribution in [-0.4, -0.2) is 20.0 Å². The summed E-state index contributed by atoms with van der Waals surface area (Å²) >= 11 is 6.47. The van der Waals surface area contributed by atoms with Gasteiger partial charge in [-0.3, -0.25) is 18.7 Å². The zero-order chi connectivity index (χ0) is 21.2. The summed E-state index contributed by atoms with van der Waals surface area (Å²) in [5, 5.41) is 3.66. The van der Waals surface area contributed by atoms with E-state index >= 15 is 0 Å². The van der Waals surface area contributed by atoms with Crippen molar-refractivity contribution in [2.24, 2.45) is 14.1 Å². The normalized spacial score (nSPS) is 15.4. The minimum Gasteiger partial charge on any atom is -0.340 e. The summed E-state index contributed by atoms with van der Waals surface area (Å²) in [7, 11) is 3.02. The number of aryl methyl sites for hydroxylation is 1. The van der Waals surface area contributed by atoms with Crippen LogP contribution in [0.25, 0.3) is 22.3 Å². The quantitative estimate of drug-likeness (QED) is 0.522. The number of hydrogen-bond donors (Lipinski definition) is 2. The van der Waals surface area contributed by atoms with Crippen LogP contribution in [0.4, 0.5) is 5.69 Å². The van der Waals surface area contributed by atoms with E-state index in [9.17, 15) is 14.4 Å². The van der Waals surface area contributed by atoms with Crippen LogP contribution in [0.15, 0.2) is 58.1 Å². The summed E-state index contributed by atoms with van der Waals surface area (Å²) in [6.45, 7) is 0. The van der Waals surface area contributed by atoms with Crippen molar-refractivity contribution in [2.75, 3.05) is 5.32 Å². The highest BCUT2D eigenvalue weighted by molar-refractivity contribution is 6.33. The first-order valence-electron chi connectivity index (χ1n) is 9.36. The number of aromatic nitrogens is 3. The molecular formula is C22H17ClN4O3. The summed E-state index contributed by atoms with van der Waals surface area (Å²) in [5.41, 5.74) is 2.61. The summed E-state index contributed by atoms with van der Waals surface area (Å²) in [5.74, 6) is -0.951. The van der Waals surface area contributed by atoms with Gasteiger partial charge in [0.25, 0.3) is 5.56 Å². The minimum absolute atomic E-state index is 0.235. The average Bonchev–Trinajstić information content (AvgIpc) is 3.28. The number of fused-ring (bicyclic) bond motifs is 2. The molecule has 30 heavy (non-hydrogen) atoms. The van der Waals surface area contributed by atoms with Gasteiger partial charge in [-0.15, -0.1) is 0 Å². The SMILES string of the molecule is Cn1c(=O)c2c([C@@H]3C(=O)Nc4ccccc43)c(-c3ccccc3Cl)[nH]c2n(C)c1=O. The van der Waals surface area contributed by atoms with Gasteiger partial charge in [0.15, 0.2) is 0 Å². The molecule has 150 valence electrons. The zero-order valence-corrected chi connectivity index (χ0v) is 16.9. The molecule has 5 rings (SSSR count). The van der Waals surface area contributed by atoms with E-state index in [1.54, 1.807) is 19.2 Å². The van der Waals surface area contributed by atoms with Crippen molar-refractivity contribution >= 4 is 34.2 Å². The molecule has 1 atom stereocenters. The zero-order valence-electron chi connectivity index (χ0n) is 16.2. The first-order chi connectivity index (χ1) is 14.4. The van der Waals surface area contributed by atoms with Gasteiger partial charge in [0.1, 0.15) is 5.65 Å². The van der Waals surface area contributed by atoms with Crippen molar-refractivity contribution in [2.45, 2.75) is 5.92 Å². The lowest BCUT2D eigenvalue weighted by Crippen LogP contribution is -2.37. The van der Waals surface area contributed by atoms with Crippen LogP contribution < -0.4 is 16.6 Å². The Morgan fingerprint density at radius 3 is 2.40 bits per heavy atom. The second kappa shape index (κ2) is 6.47. The van der Waals surface area contributed by atoms with Crippen molar-refractivity contribution in [3.05, 3.63) is 85.5 Å². The fourth-order valence-corrected chi connectivity index (χ4v) is 4.43. The number of benzene rings is 2. The van der Waals surface area contributed by atoms with Crippen molar-refractivity contribution in [1.29, 1.82) is 0 Å². The van der Waals surface area contributed by atoms with E-state index in [1.807, 2.05) is 36.4 Å². The number of anilines is 1. The van der Waals surface area contributed by atoms with Crippen LogP contribution in [0.2, 0.25) is 5.02 Å². The predicted molar refractivity (Wildman–Crippen MR) is 116 cm³/mol. The second-order valence-electron chi connectivity index (χ2n) is 7.33. The molecule has 0 fully saturated rings. The highest BCUT2D eigenvalue weighted by Gasteiger charge is 2.37. The molecule has 8 heteroatoms. The van der Waals surface area contributed by atoms with Gasteiger partial charge >= 0.3 is 5.69 Å². The minimum atomic E-state index is -0.716. The van der Waals surface area contributed by atoms with Gasteiger partial charge in [-0.25, -0.2) is 4.79 Å². The molecule has 1 aliphatic heterocycles. The molecule has 2 aromatic heterocycles. The van der Waals surface area contributed by atoms with Crippen molar-refractivity contribution in [1.82, 2.24) is 14.1 Å². The van der Waals surface area contributed by atoms with E-state index in [0.717, 1.165) is 10.1 Å². The van der Waals surface area contributed by atoms with E-state index < -0.39 is 17.2 Å². The number of para-hydroxylation sites is 1. The number of carbonyl (C=O) groups excluding carboxylic acids is 1. The third-order valence-corrected chi connectivity index (χ3v) is 6.00. The van der Waals surface area contributed by atoms with Gasteiger partial charge in [0.05, 0.1) is 17.0 Å². The molecule has 0 unspecified atom stereocenters. The largest absolute Gasteiger partial charge is 0.340 e. The summed E-state index contributed by atoms with van der Waals surface area (Å²) in [6, 6.07) is 14.6. The summed E-state index contributed by atoms with van der Waals surface area (Å²) < 4.78 is 2.42. The standard InChI is InChI=1S/C22H17ClN4O3/c1-26-19-17(21(29)27(2)22(26)30)16(18(25-19)11-7-3-5-9-13(11)23)15-12-8-4-6-10-14(12)24-20(15)28/h3-10,15,25H,1-2H3,(H,24,28)/t15-/m1/s1. The Bertz CT molecular complexity index is 1480. The molecular weight excluding hydrogens is 404 g/mol. The Balaban J connectivity index is 1.97. The van der Waals surface area contributed by atoms with Crippen molar-refractivity contribution in [3.8, 4) is 11.3 Å². The van der Waals surface area contributed by atoms with Gasteiger partial charge < -0.3 is 10.3 Å². The predicted octanol–water partition coefficient (Wildman–Crippen LogP) is 2.97. The number of H-pyrrole nitrogens is 1. The van der Waals surface area contributed by atoms with Crippen LogP contribution in [0, 0.1) is 0 Å². The fraction of sp³-hybridized carbons (Fsp3) is 0.136. The van der Waals surface area contributed by atoms with E-state index in [-0.39, 0.29) is 5.91 Å². The van der Waals surface area contributed by atoms with Gasteiger partial charge in [0.2, 0.25) is 5.91 Å². The highest BCUT2D eigenvalue weighted by Crippen LogP contribution is 2.44. The van der Waals surface area contributed by atoms with E-state index in [1.165, 1.54) is 11.6 Å². The molecule has 4 aromatic rings. The molecule has 7 nitrogen and oxygen atoms in total. The molecule has 0 saturated carbocycles. The maximum Gasteiger partial charge on any atom is 0.332 e. The lowest BCUT2D eigenvalue weighted by atomic mass is 9.89. The number of rotatable bonds is 2. The lowest BCUT2D eigenvalue weighted by molar-refractivity contribution is -0.116. The number of halogens is 1. The topological polar surface area (TPSA) is 88.9 Å². The fourth-order valence-electron chi connectivity index (χ4n) is 4.20. The number of nitrogens with one attached hydrogen (secondary N) is 2. The monoisotopic (exact) mass is 420 g/mol. The average molecular weight is 421 g/mol. The lowest BCUT2D eigenvalue weighted by Gasteiger charge is -2.13. The van der Waals surface area contributed by atoms with E-state index in [4.69, 9.17) is 11.6 Å². The van der Waals surface area contributed by atoms with Crippen LogP contribution >= 0.6 is 11.6 Å². The Kier molecular flexibility index (Phi) is 3.98. The molecule has 0 radical (unpaired) electrons. The highest BCUT2D eigenvalue weighted by atomic mass is 35.5. The van der Waals surface area contributed by atoms with Gasteiger partial charge in [-0.1, -0.05) is 48.0 Å². The number of nitrogens with zero attached hydrogens (tertiary/aromatic N) is 2. The smallest absolute Gasteiger partial charge is 0.332 e. The number of carbonyl (C=O) groups is 1. The van der Waals surface area contributed by atoms with Crippen LogP contribution in [0.3, 0.4) is 0 Å². The van der Waals surface area contributed by atoms with Gasteiger partial charge in [-0.05, 0) is 17.7 Å². The van der Waals surface area contributed by atoms with Crippen molar-refractivity contribution < 1.29 is 4.79 Å². The Morgan fingerprint density at radius 1 is 0.933 bits per heavy atom. The Labute approximate surface area is 175 Å². The first-order valence-corrected chi connectivity index (χ1v) is 9.74. The van der Waals surface area contributed by atoms with Crippen LogP contribution in [0.1, 0.15) is 17.0 Å². The molecule has 2 aromatic carbocycles. The third kappa shape index (κ3) is 2.42. The van der Waals surface area contributed by atoms with Gasteiger partial charge in [0, 0.05) is 35.9 Å². The molecule has 0 saturated heterocycles.